The van der Waals surface area contributed by atoms with Crippen LogP contribution in [0, 0.1) is 18.6 Å². The smallest absolute Gasteiger partial charge is 0.152 e. The Labute approximate surface area is 98.1 Å². The van der Waals surface area contributed by atoms with Crippen molar-refractivity contribution >= 4 is 17.1 Å². The zero-order chi connectivity index (χ0) is 12.4. The second-order valence-corrected chi connectivity index (χ2v) is 3.77. The highest BCUT2D eigenvalue weighted by Gasteiger charge is 2.12. The molecule has 0 spiro atoms. The molecular formula is C13H12F2N2. The first-order valence-electron chi connectivity index (χ1n) is 5.15. The summed E-state index contributed by atoms with van der Waals surface area (Å²) in [5.74, 6) is -1.25. The van der Waals surface area contributed by atoms with E-state index in [2.05, 4.69) is 5.32 Å². The van der Waals surface area contributed by atoms with Gasteiger partial charge in [-0.05, 0) is 30.7 Å². The highest BCUT2D eigenvalue weighted by atomic mass is 19.1. The van der Waals surface area contributed by atoms with E-state index in [1.807, 2.05) is 0 Å². The molecule has 88 valence electrons. The first kappa shape index (κ1) is 11.4. The molecule has 0 unspecified atom stereocenters. The molecule has 0 fully saturated rings. The van der Waals surface area contributed by atoms with Crippen LogP contribution in [0.2, 0.25) is 0 Å². The number of rotatable bonds is 2. The molecule has 0 aliphatic carbocycles. The molecule has 0 heterocycles. The standard InChI is InChI=1S/C13H12F2N2/c1-8-6-7-9(14)13(12(8)15)17-11-5-3-2-4-10(11)16/h2-7,17H,16H2,1H3. The van der Waals surface area contributed by atoms with Crippen LogP contribution in [0.4, 0.5) is 25.8 Å². The molecule has 2 rings (SSSR count). The van der Waals surface area contributed by atoms with Gasteiger partial charge in [-0.25, -0.2) is 8.78 Å². The number of aryl methyl sites for hydroxylation is 1. The molecule has 0 saturated heterocycles. The predicted molar refractivity (Wildman–Crippen MR) is 65.2 cm³/mol. The lowest BCUT2D eigenvalue weighted by atomic mass is 10.2. The first-order chi connectivity index (χ1) is 8.09. The minimum Gasteiger partial charge on any atom is -0.397 e. The van der Waals surface area contributed by atoms with Crippen molar-refractivity contribution in [2.75, 3.05) is 11.1 Å². The maximum absolute atomic E-state index is 13.7. The summed E-state index contributed by atoms with van der Waals surface area (Å²) in [7, 11) is 0. The number of hydrogen-bond acceptors (Lipinski definition) is 2. The van der Waals surface area contributed by atoms with E-state index >= 15 is 0 Å². The lowest BCUT2D eigenvalue weighted by Gasteiger charge is -2.11. The minimum absolute atomic E-state index is 0.178. The van der Waals surface area contributed by atoms with Crippen molar-refractivity contribution < 1.29 is 8.78 Å². The predicted octanol–water partition coefficient (Wildman–Crippen LogP) is 3.60. The summed E-state index contributed by atoms with van der Waals surface area (Å²) >= 11 is 0. The van der Waals surface area contributed by atoms with Crippen molar-refractivity contribution in [3.63, 3.8) is 0 Å². The number of anilines is 3. The fourth-order valence-electron chi connectivity index (χ4n) is 1.52. The van der Waals surface area contributed by atoms with Crippen molar-refractivity contribution in [1.29, 1.82) is 0 Å². The average molecular weight is 234 g/mol. The van der Waals surface area contributed by atoms with E-state index in [0.29, 0.717) is 16.9 Å². The van der Waals surface area contributed by atoms with Crippen LogP contribution >= 0.6 is 0 Å². The molecule has 4 heteroatoms. The van der Waals surface area contributed by atoms with Crippen LogP contribution < -0.4 is 11.1 Å². The van der Waals surface area contributed by atoms with E-state index < -0.39 is 11.6 Å². The van der Waals surface area contributed by atoms with Crippen LogP contribution in [0.1, 0.15) is 5.56 Å². The van der Waals surface area contributed by atoms with Crippen molar-refractivity contribution in [3.8, 4) is 0 Å². The van der Waals surface area contributed by atoms with Gasteiger partial charge in [0.25, 0.3) is 0 Å². The van der Waals surface area contributed by atoms with Crippen molar-refractivity contribution in [1.82, 2.24) is 0 Å². The van der Waals surface area contributed by atoms with Gasteiger partial charge in [0, 0.05) is 0 Å². The summed E-state index contributed by atoms with van der Waals surface area (Å²) in [5.41, 5.74) is 6.82. The molecule has 0 saturated carbocycles. The number of nitrogens with two attached hydrogens (primary N) is 1. The van der Waals surface area contributed by atoms with Crippen LogP contribution in [-0.2, 0) is 0 Å². The van der Waals surface area contributed by atoms with Gasteiger partial charge in [-0.15, -0.1) is 0 Å². The molecular weight excluding hydrogens is 222 g/mol. The third kappa shape index (κ3) is 2.20. The van der Waals surface area contributed by atoms with Gasteiger partial charge in [-0.2, -0.15) is 0 Å². The molecule has 0 amide bonds. The number of halogens is 2. The van der Waals surface area contributed by atoms with E-state index in [1.165, 1.54) is 12.1 Å². The van der Waals surface area contributed by atoms with Gasteiger partial charge < -0.3 is 11.1 Å². The maximum atomic E-state index is 13.7. The Bertz CT molecular complexity index is 553. The Balaban J connectivity index is 2.43. The average Bonchev–Trinajstić information content (AvgIpc) is 2.32. The van der Waals surface area contributed by atoms with Gasteiger partial charge in [0.15, 0.2) is 5.82 Å². The lowest BCUT2D eigenvalue weighted by molar-refractivity contribution is 0.585. The van der Waals surface area contributed by atoms with Gasteiger partial charge in [0.05, 0.1) is 11.4 Å². The molecule has 2 aromatic rings. The largest absolute Gasteiger partial charge is 0.397 e. The first-order valence-corrected chi connectivity index (χ1v) is 5.15. The molecule has 2 nitrogen and oxygen atoms in total. The zero-order valence-corrected chi connectivity index (χ0v) is 9.30. The zero-order valence-electron chi connectivity index (χ0n) is 9.30. The van der Waals surface area contributed by atoms with Gasteiger partial charge >= 0.3 is 0 Å². The second kappa shape index (κ2) is 4.41. The molecule has 0 aromatic heterocycles. The van der Waals surface area contributed by atoms with Crippen molar-refractivity contribution in [2.45, 2.75) is 6.92 Å². The quantitative estimate of drug-likeness (QED) is 0.779. The summed E-state index contributed by atoms with van der Waals surface area (Å²) in [5, 5.41) is 2.67. The molecule has 17 heavy (non-hydrogen) atoms. The van der Waals surface area contributed by atoms with Crippen molar-refractivity contribution in [3.05, 3.63) is 53.6 Å². The van der Waals surface area contributed by atoms with Gasteiger partial charge in [0.1, 0.15) is 11.5 Å². The molecule has 3 N–H and O–H groups in total. The normalized spacial score (nSPS) is 10.3. The Morgan fingerprint density at radius 3 is 2.47 bits per heavy atom. The Kier molecular flexibility index (Phi) is 2.95. The van der Waals surface area contributed by atoms with Crippen LogP contribution in [0.25, 0.3) is 0 Å². The highest BCUT2D eigenvalue weighted by Crippen LogP contribution is 2.28. The number of benzene rings is 2. The maximum Gasteiger partial charge on any atom is 0.152 e. The van der Waals surface area contributed by atoms with Crippen LogP contribution in [-0.4, -0.2) is 0 Å². The number of para-hydroxylation sites is 2. The van der Waals surface area contributed by atoms with Gasteiger partial charge in [-0.1, -0.05) is 18.2 Å². The third-order valence-corrected chi connectivity index (χ3v) is 2.50. The SMILES string of the molecule is Cc1ccc(F)c(Nc2ccccc2N)c1F. The van der Waals surface area contributed by atoms with Gasteiger partial charge in [0.2, 0.25) is 0 Å². The molecule has 0 aliphatic rings. The summed E-state index contributed by atoms with van der Waals surface area (Å²) in [6, 6.07) is 9.43. The van der Waals surface area contributed by atoms with Crippen LogP contribution in [0.15, 0.2) is 36.4 Å². The molecule has 2 aromatic carbocycles. The fourth-order valence-corrected chi connectivity index (χ4v) is 1.52. The minimum atomic E-state index is -0.642. The van der Waals surface area contributed by atoms with E-state index in [9.17, 15) is 8.78 Å². The number of nitrogen functional groups attached to an aromatic ring is 1. The van der Waals surface area contributed by atoms with E-state index in [1.54, 1.807) is 31.2 Å². The lowest BCUT2D eigenvalue weighted by Crippen LogP contribution is -2.01. The van der Waals surface area contributed by atoms with E-state index in [0.717, 1.165) is 0 Å². The monoisotopic (exact) mass is 234 g/mol. The molecule has 0 bridgehead atoms. The van der Waals surface area contributed by atoms with E-state index in [-0.39, 0.29) is 5.69 Å². The Morgan fingerprint density at radius 1 is 1.06 bits per heavy atom. The molecule has 0 aliphatic heterocycles. The summed E-state index contributed by atoms with van der Waals surface area (Å²) < 4.78 is 27.2. The Morgan fingerprint density at radius 2 is 1.76 bits per heavy atom. The van der Waals surface area contributed by atoms with Crippen molar-refractivity contribution in [2.24, 2.45) is 0 Å². The van der Waals surface area contributed by atoms with Crippen LogP contribution in [0.3, 0.4) is 0 Å². The molecule has 0 atom stereocenters. The fraction of sp³-hybridized carbons (Fsp3) is 0.0769. The second-order valence-electron chi connectivity index (χ2n) is 3.77. The van der Waals surface area contributed by atoms with E-state index in [4.69, 9.17) is 5.73 Å². The number of nitrogens with one attached hydrogen (secondary N) is 1. The summed E-state index contributed by atoms with van der Waals surface area (Å²) in [4.78, 5) is 0. The topological polar surface area (TPSA) is 38.0 Å². The van der Waals surface area contributed by atoms with Gasteiger partial charge in [-0.3, -0.25) is 0 Å². The summed E-state index contributed by atoms with van der Waals surface area (Å²) in [6.45, 7) is 1.58. The summed E-state index contributed by atoms with van der Waals surface area (Å²) in [6.07, 6.45) is 0. The Hall–Kier alpha value is -2.10. The number of hydrogen-bond donors (Lipinski definition) is 2. The molecule has 0 radical (unpaired) electrons. The van der Waals surface area contributed by atoms with Crippen LogP contribution in [0.5, 0.6) is 0 Å². The third-order valence-electron chi connectivity index (χ3n) is 2.50. The highest BCUT2D eigenvalue weighted by molar-refractivity contribution is 5.73.